The third-order valence-corrected chi connectivity index (χ3v) is 5.88. The predicted molar refractivity (Wildman–Crippen MR) is 94.4 cm³/mol. The Morgan fingerprint density at radius 2 is 2.00 bits per heavy atom. The fourth-order valence-corrected chi connectivity index (χ4v) is 4.07. The van der Waals surface area contributed by atoms with Crippen molar-refractivity contribution in [2.75, 3.05) is 6.61 Å². The first kappa shape index (κ1) is 17.1. The normalized spacial score (nSPS) is 16.0. The third kappa shape index (κ3) is 2.65. The van der Waals surface area contributed by atoms with Crippen molar-refractivity contribution in [1.29, 1.82) is 0 Å². The number of ether oxygens (including phenoxy) is 1. The lowest BCUT2D eigenvalue weighted by Gasteiger charge is -2.17. The molecule has 0 N–H and O–H groups in total. The lowest BCUT2D eigenvalue weighted by molar-refractivity contribution is 0.0724. The number of aldehydes is 1. The van der Waals surface area contributed by atoms with E-state index in [9.17, 15) is 14.4 Å². The molecule has 0 saturated heterocycles. The number of carbonyl (C=O) groups excluding carboxylic acids is 1. The van der Waals surface area contributed by atoms with Crippen molar-refractivity contribution < 1.29 is 9.53 Å². The molecule has 3 rings (SSSR count). The van der Waals surface area contributed by atoms with Gasteiger partial charge in [0, 0.05) is 0 Å². The largest absolute Gasteiger partial charge is 0.377 e. The first-order valence-electron chi connectivity index (χ1n) is 8.16. The average Bonchev–Trinajstić information content (AvgIpc) is 3.15. The summed E-state index contributed by atoms with van der Waals surface area (Å²) in [7, 11) is 0. The SMILES string of the molecule is Cc1c(C=O)sc2c1c(=O)n(C1(C)CC1)c(=O)n2CCOC(C)C. The molecule has 24 heavy (non-hydrogen) atoms. The fraction of sp³-hybridized carbons (Fsp3) is 0.588. The minimum absolute atomic E-state index is 0.0682. The molecule has 1 aliphatic rings. The Morgan fingerprint density at radius 1 is 1.33 bits per heavy atom. The van der Waals surface area contributed by atoms with Crippen LogP contribution in [0.25, 0.3) is 10.2 Å². The van der Waals surface area contributed by atoms with E-state index in [1.165, 1.54) is 15.9 Å². The second kappa shape index (κ2) is 5.97. The van der Waals surface area contributed by atoms with Gasteiger partial charge in [-0.1, -0.05) is 0 Å². The smallest absolute Gasteiger partial charge is 0.332 e. The van der Waals surface area contributed by atoms with Gasteiger partial charge < -0.3 is 4.74 Å². The van der Waals surface area contributed by atoms with Gasteiger partial charge >= 0.3 is 5.69 Å². The highest BCUT2D eigenvalue weighted by molar-refractivity contribution is 7.20. The van der Waals surface area contributed by atoms with Gasteiger partial charge in [0.25, 0.3) is 5.56 Å². The number of thiophene rings is 1. The Hall–Kier alpha value is -1.73. The van der Waals surface area contributed by atoms with Gasteiger partial charge in [0.2, 0.25) is 0 Å². The standard InChI is InChI=1S/C17H22N2O4S/c1-10(2)23-8-7-18-15-13(11(3)12(9-20)24-15)14(21)19(16(18)22)17(4)5-6-17/h9-10H,5-8H2,1-4H3. The molecule has 2 aromatic rings. The van der Waals surface area contributed by atoms with E-state index in [2.05, 4.69) is 0 Å². The van der Waals surface area contributed by atoms with E-state index in [0.717, 1.165) is 19.1 Å². The van der Waals surface area contributed by atoms with Crippen LogP contribution in [0, 0.1) is 6.92 Å². The van der Waals surface area contributed by atoms with Gasteiger partial charge in [0.1, 0.15) is 4.83 Å². The lowest BCUT2D eigenvalue weighted by atomic mass is 10.2. The summed E-state index contributed by atoms with van der Waals surface area (Å²) >= 11 is 1.20. The molecule has 0 atom stereocenters. The van der Waals surface area contributed by atoms with Crippen molar-refractivity contribution in [2.24, 2.45) is 0 Å². The van der Waals surface area contributed by atoms with E-state index < -0.39 is 5.54 Å². The zero-order valence-corrected chi connectivity index (χ0v) is 15.2. The predicted octanol–water partition coefficient (Wildman–Crippen LogP) is 2.28. The first-order chi connectivity index (χ1) is 11.3. The maximum atomic E-state index is 13.0. The molecule has 1 aliphatic carbocycles. The summed E-state index contributed by atoms with van der Waals surface area (Å²) in [5.74, 6) is 0. The summed E-state index contributed by atoms with van der Waals surface area (Å²) < 4.78 is 8.54. The summed E-state index contributed by atoms with van der Waals surface area (Å²) in [6.07, 6.45) is 2.46. The summed E-state index contributed by atoms with van der Waals surface area (Å²) in [6.45, 7) is 8.31. The number of nitrogens with zero attached hydrogens (tertiary/aromatic N) is 2. The number of aromatic nitrogens is 2. The molecule has 0 spiro atoms. The van der Waals surface area contributed by atoms with Crippen molar-refractivity contribution >= 4 is 27.8 Å². The van der Waals surface area contributed by atoms with E-state index in [-0.39, 0.29) is 17.4 Å². The topological polar surface area (TPSA) is 70.3 Å². The van der Waals surface area contributed by atoms with Crippen molar-refractivity contribution in [3.8, 4) is 0 Å². The van der Waals surface area contributed by atoms with Gasteiger partial charge in [-0.25, -0.2) is 4.79 Å². The molecule has 6 nitrogen and oxygen atoms in total. The summed E-state index contributed by atoms with van der Waals surface area (Å²) in [4.78, 5) is 38.3. The summed E-state index contributed by atoms with van der Waals surface area (Å²) in [5, 5.41) is 0.486. The molecule has 0 bridgehead atoms. The molecule has 0 amide bonds. The van der Waals surface area contributed by atoms with Crippen LogP contribution < -0.4 is 11.2 Å². The second-order valence-corrected chi connectivity index (χ2v) is 7.91. The number of carbonyl (C=O) groups is 1. The lowest BCUT2D eigenvalue weighted by Crippen LogP contribution is -2.45. The second-order valence-electron chi connectivity index (χ2n) is 6.88. The van der Waals surface area contributed by atoms with Gasteiger partial charge in [0.15, 0.2) is 6.29 Å². The Bertz CT molecular complexity index is 915. The van der Waals surface area contributed by atoms with Crippen molar-refractivity contribution in [2.45, 2.75) is 58.7 Å². The van der Waals surface area contributed by atoms with Gasteiger partial charge in [0.05, 0.1) is 35.1 Å². The number of fused-ring (bicyclic) bond motifs is 1. The molecule has 2 aromatic heterocycles. The van der Waals surface area contributed by atoms with E-state index in [0.29, 0.717) is 33.8 Å². The molecule has 7 heteroatoms. The van der Waals surface area contributed by atoms with Crippen molar-refractivity contribution in [1.82, 2.24) is 9.13 Å². The highest BCUT2D eigenvalue weighted by Crippen LogP contribution is 2.41. The first-order valence-corrected chi connectivity index (χ1v) is 8.98. The van der Waals surface area contributed by atoms with E-state index in [1.54, 1.807) is 11.5 Å². The molecule has 0 aromatic carbocycles. The van der Waals surface area contributed by atoms with Crippen molar-refractivity contribution in [3.63, 3.8) is 0 Å². The number of hydrogen-bond acceptors (Lipinski definition) is 5. The summed E-state index contributed by atoms with van der Waals surface area (Å²) in [6, 6.07) is 0. The van der Waals surface area contributed by atoms with E-state index in [4.69, 9.17) is 4.74 Å². The van der Waals surface area contributed by atoms with Crippen LogP contribution in [0.2, 0.25) is 0 Å². The Morgan fingerprint density at radius 3 is 2.54 bits per heavy atom. The summed E-state index contributed by atoms with van der Waals surface area (Å²) in [5.41, 5.74) is -0.332. The maximum Gasteiger partial charge on any atom is 0.332 e. The molecule has 1 saturated carbocycles. The van der Waals surface area contributed by atoms with Crippen LogP contribution in [0.3, 0.4) is 0 Å². The number of hydrogen-bond donors (Lipinski definition) is 0. The molecule has 0 aliphatic heterocycles. The molecule has 0 unspecified atom stereocenters. The Kier molecular flexibility index (Phi) is 4.25. The Labute approximate surface area is 143 Å². The highest BCUT2D eigenvalue weighted by atomic mass is 32.1. The third-order valence-electron chi connectivity index (χ3n) is 4.64. The van der Waals surface area contributed by atoms with Crippen LogP contribution in [-0.4, -0.2) is 28.1 Å². The van der Waals surface area contributed by atoms with Gasteiger partial charge in [-0.15, -0.1) is 11.3 Å². The average molecular weight is 350 g/mol. The van der Waals surface area contributed by atoms with Gasteiger partial charge in [-0.3, -0.25) is 18.7 Å². The molecule has 2 heterocycles. The quantitative estimate of drug-likeness (QED) is 0.750. The van der Waals surface area contributed by atoms with Crippen LogP contribution in [0.1, 0.15) is 48.8 Å². The molecular formula is C17H22N2O4S. The van der Waals surface area contributed by atoms with Crippen LogP contribution in [0.4, 0.5) is 0 Å². The molecule has 1 fully saturated rings. The van der Waals surface area contributed by atoms with Gasteiger partial charge in [-0.05, 0) is 46.1 Å². The zero-order valence-electron chi connectivity index (χ0n) is 14.4. The van der Waals surface area contributed by atoms with Gasteiger partial charge in [-0.2, -0.15) is 0 Å². The van der Waals surface area contributed by atoms with E-state index in [1.807, 2.05) is 20.8 Å². The monoisotopic (exact) mass is 350 g/mol. The fourth-order valence-electron chi connectivity index (χ4n) is 2.93. The molecule has 0 radical (unpaired) electrons. The number of aryl methyl sites for hydroxylation is 1. The van der Waals surface area contributed by atoms with Crippen LogP contribution >= 0.6 is 11.3 Å². The molecule has 130 valence electrons. The Balaban J connectivity index is 2.26. The molecular weight excluding hydrogens is 328 g/mol. The number of rotatable bonds is 6. The van der Waals surface area contributed by atoms with Crippen molar-refractivity contribution in [3.05, 3.63) is 31.3 Å². The van der Waals surface area contributed by atoms with Crippen LogP contribution in [-0.2, 0) is 16.8 Å². The minimum Gasteiger partial charge on any atom is -0.377 e. The maximum absolute atomic E-state index is 13.0. The van der Waals surface area contributed by atoms with E-state index >= 15 is 0 Å². The minimum atomic E-state index is -0.404. The van der Waals surface area contributed by atoms with Crippen LogP contribution in [0.15, 0.2) is 9.59 Å². The highest BCUT2D eigenvalue weighted by Gasteiger charge is 2.43. The zero-order chi connectivity index (χ0) is 17.6. The van der Waals surface area contributed by atoms with Crippen LogP contribution in [0.5, 0.6) is 0 Å².